The van der Waals surface area contributed by atoms with Gasteiger partial charge in [-0.15, -0.1) is 24.0 Å². The molecule has 0 aliphatic carbocycles. The summed E-state index contributed by atoms with van der Waals surface area (Å²) in [5, 5.41) is 6.67. The number of likely N-dealkylation sites (N-methyl/N-ethyl adjacent to an activating group) is 1. The number of ether oxygens (including phenoxy) is 1. The Labute approximate surface area is 165 Å². The van der Waals surface area contributed by atoms with Crippen molar-refractivity contribution in [1.82, 2.24) is 15.5 Å². The highest BCUT2D eigenvalue weighted by Gasteiger charge is 2.10. The first-order valence-electron chi connectivity index (χ1n) is 8.68. The van der Waals surface area contributed by atoms with E-state index >= 15 is 0 Å². The van der Waals surface area contributed by atoms with E-state index in [-0.39, 0.29) is 42.5 Å². The van der Waals surface area contributed by atoms with Crippen molar-refractivity contribution in [3.8, 4) is 0 Å². The van der Waals surface area contributed by atoms with Crippen LogP contribution in [0.1, 0.15) is 46.5 Å². The zero-order valence-corrected chi connectivity index (χ0v) is 18.6. The second-order valence-electron chi connectivity index (χ2n) is 6.25. The smallest absolute Gasteiger partial charge is 0.243 e. The molecule has 0 aliphatic rings. The fraction of sp³-hybridized carbons (Fsp3) is 0.882. The van der Waals surface area contributed by atoms with E-state index in [1.807, 2.05) is 6.92 Å². The number of methoxy groups -OCH3 is 1. The van der Waals surface area contributed by atoms with Crippen LogP contribution in [0, 0.1) is 5.92 Å². The van der Waals surface area contributed by atoms with Crippen LogP contribution >= 0.6 is 24.0 Å². The van der Waals surface area contributed by atoms with Crippen molar-refractivity contribution in [3.63, 3.8) is 0 Å². The molecule has 2 unspecified atom stereocenters. The molecule has 7 heteroatoms. The van der Waals surface area contributed by atoms with Gasteiger partial charge in [0.15, 0.2) is 5.96 Å². The minimum Gasteiger partial charge on any atom is -0.383 e. The van der Waals surface area contributed by atoms with E-state index in [1.54, 1.807) is 26.1 Å². The topological polar surface area (TPSA) is 66.0 Å². The van der Waals surface area contributed by atoms with Crippen LogP contribution in [0.15, 0.2) is 4.99 Å². The van der Waals surface area contributed by atoms with Crippen molar-refractivity contribution < 1.29 is 9.53 Å². The van der Waals surface area contributed by atoms with Gasteiger partial charge in [0, 0.05) is 33.8 Å². The van der Waals surface area contributed by atoms with Gasteiger partial charge in [-0.2, -0.15) is 0 Å². The number of halogens is 1. The highest BCUT2D eigenvalue weighted by Crippen LogP contribution is 2.11. The predicted octanol–water partition coefficient (Wildman–Crippen LogP) is 2.48. The number of carbonyl (C=O) groups excluding carboxylic acids is 1. The van der Waals surface area contributed by atoms with Gasteiger partial charge in [0.25, 0.3) is 0 Å². The Morgan fingerprint density at radius 3 is 2.46 bits per heavy atom. The molecule has 0 saturated heterocycles. The zero-order chi connectivity index (χ0) is 17.7. The van der Waals surface area contributed by atoms with Gasteiger partial charge in [-0.05, 0) is 19.3 Å². The minimum absolute atomic E-state index is 0. The van der Waals surface area contributed by atoms with Crippen molar-refractivity contribution in [2.75, 3.05) is 40.9 Å². The Hall–Kier alpha value is -0.570. The summed E-state index contributed by atoms with van der Waals surface area (Å²) in [7, 11) is 5.16. The van der Waals surface area contributed by atoms with Gasteiger partial charge in [0.2, 0.25) is 5.91 Å². The fourth-order valence-electron chi connectivity index (χ4n) is 2.15. The second-order valence-corrected chi connectivity index (χ2v) is 6.25. The summed E-state index contributed by atoms with van der Waals surface area (Å²) in [6.07, 6.45) is 4.83. The van der Waals surface area contributed by atoms with Crippen LogP contribution < -0.4 is 10.6 Å². The summed E-state index contributed by atoms with van der Waals surface area (Å²) in [4.78, 5) is 17.7. The lowest BCUT2D eigenvalue weighted by molar-refractivity contribution is -0.127. The molecule has 0 fully saturated rings. The molecule has 0 aromatic carbocycles. The first kappa shape index (κ1) is 25.7. The minimum atomic E-state index is -0.0106. The molecule has 1 amide bonds. The highest BCUT2D eigenvalue weighted by molar-refractivity contribution is 14.0. The number of carbonyl (C=O) groups is 1. The average molecular weight is 456 g/mol. The Morgan fingerprint density at radius 1 is 1.29 bits per heavy atom. The largest absolute Gasteiger partial charge is 0.383 e. The number of hydrogen-bond donors (Lipinski definition) is 2. The van der Waals surface area contributed by atoms with Gasteiger partial charge in [0.05, 0.1) is 6.61 Å². The molecule has 0 rings (SSSR count). The number of amides is 1. The highest BCUT2D eigenvalue weighted by atomic mass is 127. The maximum atomic E-state index is 11.7. The SMILES string of the molecule is CCCCC(CC)CNC(=NCC(=O)N(C)C)NC(C)COC.I. The van der Waals surface area contributed by atoms with E-state index in [0.717, 1.165) is 13.0 Å². The summed E-state index contributed by atoms with van der Waals surface area (Å²) in [6, 6.07) is 0.136. The van der Waals surface area contributed by atoms with Gasteiger partial charge in [-0.1, -0.05) is 33.1 Å². The lowest BCUT2D eigenvalue weighted by Crippen LogP contribution is -2.46. The van der Waals surface area contributed by atoms with Gasteiger partial charge in [-0.3, -0.25) is 4.79 Å². The Balaban J connectivity index is 0. The zero-order valence-electron chi connectivity index (χ0n) is 16.2. The maximum Gasteiger partial charge on any atom is 0.243 e. The Kier molecular flexibility index (Phi) is 17.0. The van der Waals surface area contributed by atoms with E-state index in [4.69, 9.17) is 4.74 Å². The second kappa shape index (κ2) is 15.9. The van der Waals surface area contributed by atoms with Crippen LogP contribution in [0.25, 0.3) is 0 Å². The van der Waals surface area contributed by atoms with Gasteiger partial charge >= 0.3 is 0 Å². The lowest BCUT2D eigenvalue weighted by atomic mass is 9.99. The molecule has 0 aromatic heterocycles. The van der Waals surface area contributed by atoms with Crippen LogP contribution in [-0.4, -0.2) is 63.7 Å². The van der Waals surface area contributed by atoms with Crippen molar-refractivity contribution in [2.45, 2.75) is 52.5 Å². The van der Waals surface area contributed by atoms with Crippen LogP contribution in [0.3, 0.4) is 0 Å². The first-order valence-corrected chi connectivity index (χ1v) is 8.68. The predicted molar refractivity (Wildman–Crippen MR) is 112 cm³/mol. The molecule has 144 valence electrons. The van der Waals surface area contributed by atoms with Crippen LogP contribution in [0.4, 0.5) is 0 Å². The third-order valence-corrected chi connectivity index (χ3v) is 3.77. The molecular weight excluding hydrogens is 419 g/mol. The third kappa shape index (κ3) is 12.8. The summed E-state index contributed by atoms with van der Waals surface area (Å²) < 4.78 is 5.15. The van der Waals surface area contributed by atoms with E-state index in [0.29, 0.717) is 18.5 Å². The van der Waals surface area contributed by atoms with Gasteiger partial charge in [0.1, 0.15) is 6.54 Å². The Bertz CT molecular complexity index is 351. The number of nitrogens with one attached hydrogen (secondary N) is 2. The van der Waals surface area contributed by atoms with Crippen molar-refractivity contribution in [2.24, 2.45) is 10.9 Å². The first-order chi connectivity index (χ1) is 10.9. The molecule has 0 spiro atoms. The number of hydrogen-bond acceptors (Lipinski definition) is 3. The molecule has 6 nitrogen and oxygen atoms in total. The van der Waals surface area contributed by atoms with Crippen molar-refractivity contribution >= 4 is 35.8 Å². The molecule has 0 radical (unpaired) electrons. The number of aliphatic imine (C=N–C) groups is 1. The normalized spacial score (nSPS) is 13.7. The lowest BCUT2D eigenvalue weighted by Gasteiger charge is -2.21. The number of nitrogens with zero attached hydrogens (tertiary/aromatic N) is 2. The van der Waals surface area contributed by atoms with Crippen LogP contribution in [-0.2, 0) is 9.53 Å². The molecule has 0 aromatic rings. The summed E-state index contributed by atoms with van der Waals surface area (Å²) in [5.41, 5.74) is 0. The monoisotopic (exact) mass is 456 g/mol. The van der Waals surface area contributed by atoms with Crippen molar-refractivity contribution in [3.05, 3.63) is 0 Å². The molecule has 0 aliphatic heterocycles. The quantitative estimate of drug-likeness (QED) is 0.285. The van der Waals surface area contributed by atoms with Crippen LogP contribution in [0.5, 0.6) is 0 Å². The summed E-state index contributed by atoms with van der Waals surface area (Å²) >= 11 is 0. The molecule has 0 saturated carbocycles. The van der Waals surface area contributed by atoms with Gasteiger partial charge < -0.3 is 20.3 Å². The average Bonchev–Trinajstić information content (AvgIpc) is 2.52. The summed E-state index contributed by atoms with van der Waals surface area (Å²) in [5.74, 6) is 1.30. The number of guanidine groups is 1. The molecule has 2 N–H and O–H groups in total. The molecule has 2 atom stereocenters. The van der Waals surface area contributed by atoms with Gasteiger partial charge in [-0.25, -0.2) is 4.99 Å². The number of rotatable bonds is 11. The van der Waals surface area contributed by atoms with Crippen LogP contribution in [0.2, 0.25) is 0 Å². The maximum absolute atomic E-state index is 11.7. The van der Waals surface area contributed by atoms with Crippen molar-refractivity contribution in [1.29, 1.82) is 0 Å². The standard InChI is InChI=1S/C17H36N4O2.HI/c1-7-9-10-15(8-2)11-18-17(20-14(3)13-23-6)19-12-16(22)21(4)5;/h14-15H,7-13H2,1-6H3,(H2,18,19,20);1H. The molecule has 0 heterocycles. The van der Waals surface area contributed by atoms with E-state index in [1.165, 1.54) is 19.3 Å². The third-order valence-electron chi connectivity index (χ3n) is 3.77. The Morgan fingerprint density at radius 2 is 1.96 bits per heavy atom. The molecule has 0 bridgehead atoms. The summed E-state index contributed by atoms with van der Waals surface area (Å²) in [6.45, 7) is 8.08. The van der Waals surface area contributed by atoms with E-state index in [2.05, 4.69) is 29.5 Å². The molecular formula is C17H37IN4O2. The number of unbranched alkanes of at least 4 members (excludes halogenated alkanes) is 1. The molecule has 24 heavy (non-hydrogen) atoms. The van der Waals surface area contributed by atoms with E-state index in [9.17, 15) is 4.79 Å². The van der Waals surface area contributed by atoms with E-state index < -0.39 is 0 Å². The fourth-order valence-corrected chi connectivity index (χ4v) is 2.15.